The summed E-state index contributed by atoms with van der Waals surface area (Å²) in [6.07, 6.45) is 1.07. The number of amides is 1. The number of ether oxygens (including phenoxy) is 1. The number of hydrogen-bond donors (Lipinski definition) is 2. The van der Waals surface area contributed by atoms with Gasteiger partial charge in [-0.3, -0.25) is 14.6 Å². The van der Waals surface area contributed by atoms with Gasteiger partial charge in [-0.15, -0.1) is 0 Å². The number of piperidine rings is 1. The molecule has 0 aromatic carbocycles. The number of H-pyrrole nitrogens is 2. The largest absolute Gasteiger partial charge is 0.451 e. The molecule has 2 rings (SSSR count). The van der Waals surface area contributed by atoms with Crippen LogP contribution in [0.3, 0.4) is 0 Å². The van der Waals surface area contributed by atoms with Gasteiger partial charge < -0.3 is 14.6 Å². The number of aromatic nitrogens is 2. The van der Waals surface area contributed by atoms with Crippen molar-refractivity contribution in [3.8, 4) is 0 Å². The van der Waals surface area contributed by atoms with Crippen molar-refractivity contribution in [2.75, 3.05) is 19.7 Å². The van der Waals surface area contributed by atoms with Gasteiger partial charge in [-0.05, 0) is 18.3 Å². The van der Waals surface area contributed by atoms with Gasteiger partial charge >= 0.3 is 11.7 Å². The Kier molecular flexibility index (Phi) is 4.79. The van der Waals surface area contributed by atoms with Crippen molar-refractivity contribution in [1.82, 2.24) is 14.9 Å². The van der Waals surface area contributed by atoms with E-state index in [1.54, 1.807) is 4.90 Å². The van der Waals surface area contributed by atoms with Crippen molar-refractivity contribution in [2.45, 2.75) is 20.3 Å². The molecule has 120 valence electrons. The van der Waals surface area contributed by atoms with Crippen LogP contribution in [0.2, 0.25) is 0 Å². The zero-order valence-electron chi connectivity index (χ0n) is 12.5. The molecule has 1 aliphatic heterocycles. The second kappa shape index (κ2) is 6.59. The number of carbonyl (C=O) groups is 2. The standard InChI is InChI=1S/C14H19N3O5/c1-8-3-9(2)6-17(5-8)12(19)7-22-13(20)10-4-11(18)16-14(21)15-10/h4,8-9H,3,5-7H2,1-2H3,(H2,15,16,18,21)/t8-,9+. The number of likely N-dealkylation sites (tertiary alicyclic amines) is 1. The van der Waals surface area contributed by atoms with Gasteiger partial charge in [0.05, 0.1) is 0 Å². The van der Waals surface area contributed by atoms with Gasteiger partial charge in [-0.2, -0.15) is 0 Å². The van der Waals surface area contributed by atoms with E-state index in [4.69, 9.17) is 4.74 Å². The highest BCUT2D eigenvalue weighted by Crippen LogP contribution is 2.20. The Bertz CT molecular complexity index is 639. The minimum Gasteiger partial charge on any atom is -0.451 e. The minimum absolute atomic E-state index is 0.276. The van der Waals surface area contributed by atoms with Crippen LogP contribution in [-0.4, -0.2) is 46.4 Å². The molecule has 2 N–H and O–H groups in total. The van der Waals surface area contributed by atoms with Gasteiger partial charge in [0, 0.05) is 19.2 Å². The lowest BCUT2D eigenvalue weighted by atomic mass is 9.92. The zero-order valence-corrected chi connectivity index (χ0v) is 12.5. The summed E-state index contributed by atoms with van der Waals surface area (Å²) in [5, 5.41) is 0. The molecule has 0 saturated carbocycles. The molecule has 0 unspecified atom stereocenters. The van der Waals surface area contributed by atoms with E-state index in [1.807, 2.05) is 4.98 Å². The summed E-state index contributed by atoms with van der Waals surface area (Å²) in [6, 6.07) is 0.916. The van der Waals surface area contributed by atoms with Crippen LogP contribution in [0, 0.1) is 11.8 Å². The summed E-state index contributed by atoms with van der Waals surface area (Å²) in [5.41, 5.74) is -1.79. The molecule has 0 radical (unpaired) electrons. The van der Waals surface area contributed by atoms with Crippen molar-refractivity contribution < 1.29 is 14.3 Å². The molecule has 1 amide bonds. The normalized spacial score (nSPS) is 21.5. The van der Waals surface area contributed by atoms with Crippen molar-refractivity contribution in [1.29, 1.82) is 0 Å². The Hall–Kier alpha value is -2.38. The van der Waals surface area contributed by atoms with Crippen LogP contribution < -0.4 is 11.2 Å². The highest BCUT2D eigenvalue weighted by molar-refractivity contribution is 5.89. The number of rotatable bonds is 3. The Morgan fingerprint density at radius 2 is 1.86 bits per heavy atom. The highest BCUT2D eigenvalue weighted by atomic mass is 16.5. The summed E-state index contributed by atoms with van der Waals surface area (Å²) >= 11 is 0. The number of nitrogens with zero attached hydrogens (tertiary/aromatic N) is 1. The highest BCUT2D eigenvalue weighted by Gasteiger charge is 2.26. The van der Waals surface area contributed by atoms with Crippen molar-refractivity contribution >= 4 is 11.9 Å². The maximum atomic E-state index is 12.1. The molecule has 8 heteroatoms. The van der Waals surface area contributed by atoms with E-state index < -0.39 is 23.8 Å². The maximum absolute atomic E-state index is 12.1. The molecule has 2 atom stereocenters. The Morgan fingerprint density at radius 1 is 1.23 bits per heavy atom. The summed E-state index contributed by atoms with van der Waals surface area (Å²) in [7, 11) is 0. The first kappa shape index (κ1) is 16.0. The first-order chi connectivity index (χ1) is 10.3. The SMILES string of the molecule is C[C@@H]1C[C@H](C)CN(C(=O)COC(=O)c2cc(=O)[nH]c(=O)[nH]2)C1. The van der Waals surface area contributed by atoms with Crippen LogP contribution in [0.5, 0.6) is 0 Å². The molecule has 0 bridgehead atoms. The number of nitrogens with one attached hydrogen (secondary N) is 2. The lowest BCUT2D eigenvalue weighted by Crippen LogP contribution is -2.44. The van der Waals surface area contributed by atoms with Gasteiger partial charge in [-0.1, -0.05) is 13.8 Å². The third kappa shape index (κ3) is 4.06. The van der Waals surface area contributed by atoms with Crippen LogP contribution in [-0.2, 0) is 9.53 Å². The van der Waals surface area contributed by atoms with Crippen molar-refractivity contribution in [3.05, 3.63) is 32.6 Å². The fourth-order valence-corrected chi connectivity index (χ4v) is 2.74. The number of esters is 1. The Balaban J connectivity index is 1.94. The third-order valence-electron chi connectivity index (χ3n) is 3.53. The van der Waals surface area contributed by atoms with Crippen LogP contribution in [0.4, 0.5) is 0 Å². The molecule has 0 aliphatic carbocycles. The van der Waals surface area contributed by atoms with Crippen LogP contribution in [0.25, 0.3) is 0 Å². The smallest absolute Gasteiger partial charge is 0.355 e. The van der Waals surface area contributed by atoms with E-state index in [1.165, 1.54) is 0 Å². The number of hydrogen-bond acceptors (Lipinski definition) is 5. The lowest BCUT2D eigenvalue weighted by Gasteiger charge is -2.34. The minimum atomic E-state index is -0.908. The van der Waals surface area contributed by atoms with Crippen LogP contribution in [0.1, 0.15) is 30.8 Å². The first-order valence-electron chi connectivity index (χ1n) is 7.13. The molecule has 1 fully saturated rings. The maximum Gasteiger partial charge on any atom is 0.355 e. The summed E-state index contributed by atoms with van der Waals surface area (Å²) in [6.45, 7) is 5.02. The predicted octanol–water partition coefficient (Wildman–Crippen LogP) is -0.275. The molecule has 0 spiro atoms. The average molecular weight is 309 g/mol. The molecule has 2 heterocycles. The second-order valence-corrected chi connectivity index (χ2v) is 5.82. The summed E-state index contributed by atoms with van der Waals surface area (Å²) in [4.78, 5) is 51.8. The van der Waals surface area contributed by atoms with Gasteiger partial charge in [0.25, 0.3) is 11.5 Å². The fourth-order valence-electron chi connectivity index (χ4n) is 2.74. The first-order valence-corrected chi connectivity index (χ1v) is 7.13. The van der Waals surface area contributed by atoms with Gasteiger partial charge in [-0.25, -0.2) is 9.59 Å². The van der Waals surface area contributed by atoms with E-state index in [2.05, 4.69) is 18.8 Å². The molecule has 1 saturated heterocycles. The monoisotopic (exact) mass is 309 g/mol. The number of aromatic amines is 2. The fraction of sp³-hybridized carbons (Fsp3) is 0.571. The second-order valence-electron chi connectivity index (χ2n) is 5.82. The van der Waals surface area contributed by atoms with Crippen LogP contribution >= 0.6 is 0 Å². The number of carbonyl (C=O) groups excluding carboxylic acids is 2. The molecule has 1 aromatic heterocycles. The van der Waals surface area contributed by atoms with Crippen molar-refractivity contribution in [2.24, 2.45) is 11.8 Å². The molecule has 1 aromatic rings. The third-order valence-corrected chi connectivity index (χ3v) is 3.53. The molecular formula is C14H19N3O5. The van der Waals surface area contributed by atoms with E-state index in [0.717, 1.165) is 12.5 Å². The summed E-state index contributed by atoms with van der Waals surface area (Å²) < 4.78 is 4.87. The lowest BCUT2D eigenvalue weighted by molar-refractivity contribution is -0.137. The van der Waals surface area contributed by atoms with Gasteiger partial charge in [0.2, 0.25) is 0 Å². The summed E-state index contributed by atoms with van der Waals surface area (Å²) in [5.74, 6) is -0.367. The van der Waals surface area contributed by atoms with Gasteiger partial charge in [0.1, 0.15) is 5.69 Å². The Morgan fingerprint density at radius 3 is 2.45 bits per heavy atom. The van der Waals surface area contributed by atoms with Gasteiger partial charge in [0.15, 0.2) is 6.61 Å². The zero-order chi connectivity index (χ0) is 16.3. The molecule has 8 nitrogen and oxygen atoms in total. The van der Waals surface area contributed by atoms with Crippen LogP contribution in [0.15, 0.2) is 15.7 Å². The van der Waals surface area contributed by atoms with E-state index in [9.17, 15) is 19.2 Å². The van der Waals surface area contributed by atoms with E-state index in [0.29, 0.717) is 24.9 Å². The molecule has 1 aliphatic rings. The van der Waals surface area contributed by atoms with E-state index in [-0.39, 0.29) is 11.6 Å². The Labute approximate surface area is 126 Å². The predicted molar refractivity (Wildman–Crippen MR) is 77.5 cm³/mol. The molecule has 22 heavy (non-hydrogen) atoms. The molecular weight excluding hydrogens is 290 g/mol. The van der Waals surface area contributed by atoms with Crippen molar-refractivity contribution in [3.63, 3.8) is 0 Å². The topological polar surface area (TPSA) is 112 Å². The van der Waals surface area contributed by atoms with E-state index >= 15 is 0 Å². The average Bonchev–Trinajstić information content (AvgIpc) is 2.42. The quantitative estimate of drug-likeness (QED) is 0.746.